The lowest BCUT2D eigenvalue weighted by Gasteiger charge is -2.53. The van der Waals surface area contributed by atoms with Gasteiger partial charge < -0.3 is 4.90 Å². The zero-order chi connectivity index (χ0) is 22.5. The van der Waals surface area contributed by atoms with Gasteiger partial charge in [0, 0.05) is 37.3 Å². The van der Waals surface area contributed by atoms with Gasteiger partial charge in [-0.1, -0.05) is 20.8 Å². The molecule has 4 atom stereocenters. The monoisotopic (exact) mass is 426 g/mol. The van der Waals surface area contributed by atoms with E-state index >= 15 is 0 Å². The first-order valence-corrected chi connectivity index (χ1v) is 10.6. The minimum Gasteiger partial charge on any atom is -0.363 e. The molecule has 1 saturated carbocycles. The molecular formula is C22H26N4O5. The number of nitrogens with one attached hydrogen (secondary N) is 1. The molecule has 1 aliphatic carbocycles. The second-order valence-electron chi connectivity index (χ2n) is 10.7. The summed E-state index contributed by atoms with van der Waals surface area (Å²) in [7, 11) is 1.38. The van der Waals surface area contributed by atoms with Crippen molar-refractivity contribution in [3.8, 4) is 0 Å². The number of carbonyl (C=O) groups excluding carboxylic acids is 3. The van der Waals surface area contributed by atoms with Crippen molar-refractivity contribution in [2.75, 3.05) is 11.9 Å². The number of nitrogens with zero attached hydrogens (tertiary/aromatic N) is 3. The van der Waals surface area contributed by atoms with Gasteiger partial charge in [-0.05, 0) is 41.7 Å². The van der Waals surface area contributed by atoms with E-state index in [4.69, 9.17) is 0 Å². The van der Waals surface area contributed by atoms with Crippen molar-refractivity contribution in [2.45, 2.75) is 58.5 Å². The first-order chi connectivity index (χ1) is 14.4. The van der Waals surface area contributed by atoms with E-state index in [0.717, 1.165) is 29.8 Å². The summed E-state index contributed by atoms with van der Waals surface area (Å²) < 4.78 is 0. The molecule has 0 aromatic heterocycles. The maximum atomic E-state index is 13.7. The van der Waals surface area contributed by atoms with Gasteiger partial charge in [0.2, 0.25) is 11.8 Å². The molecule has 3 aliphatic heterocycles. The van der Waals surface area contributed by atoms with Crippen LogP contribution in [-0.2, 0) is 16.0 Å². The van der Waals surface area contributed by atoms with Crippen LogP contribution in [0, 0.1) is 26.4 Å². The number of fused-ring (bicyclic) bond motifs is 8. The Morgan fingerprint density at radius 2 is 1.87 bits per heavy atom. The fourth-order valence-electron chi connectivity index (χ4n) is 7.26. The van der Waals surface area contributed by atoms with Crippen LogP contribution >= 0.6 is 0 Å². The molecule has 1 aromatic rings. The lowest BCUT2D eigenvalue weighted by molar-refractivity contribution is -0.384. The number of carbonyl (C=O) groups is 3. The van der Waals surface area contributed by atoms with Gasteiger partial charge in [-0.25, -0.2) is 4.79 Å². The van der Waals surface area contributed by atoms with E-state index in [2.05, 4.69) is 31.0 Å². The van der Waals surface area contributed by atoms with Gasteiger partial charge in [0.05, 0.1) is 11.0 Å². The summed E-state index contributed by atoms with van der Waals surface area (Å²) in [6.07, 6.45) is 2.61. The van der Waals surface area contributed by atoms with Gasteiger partial charge in [-0.2, -0.15) is 0 Å². The van der Waals surface area contributed by atoms with Crippen LogP contribution in [0.1, 0.15) is 45.6 Å². The number of urea groups is 1. The second kappa shape index (κ2) is 5.83. The minimum absolute atomic E-state index is 0.0209. The van der Waals surface area contributed by atoms with Crippen molar-refractivity contribution in [1.29, 1.82) is 0 Å². The number of amides is 4. The van der Waals surface area contributed by atoms with Crippen LogP contribution in [0.4, 0.5) is 16.2 Å². The van der Waals surface area contributed by atoms with Crippen LogP contribution in [-0.4, -0.2) is 46.8 Å². The zero-order valence-electron chi connectivity index (χ0n) is 18.1. The molecule has 3 heterocycles. The highest BCUT2D eigenvalue weighted by Crippen LogP contribution is 2.64. The van der Waals surface area contributed by atoms with E-state index < -0.39 is 34.2 Å². The Morgan fingerprint density at radius 3 is 2.55 bits per heavy atom. The lowest BCUT2D eigenvalue weighted by atomic mass is 9.56. The van der Waals surface area contributed by atoms with Gasteiger partial charge in [0.1, 0.15) is 0 Å². The number of benzene rings is 1. The average Bonchev–Trinajstić information content (AvgIpc) is 2.90. The van der Waals surface area contributed by atoms with Crippen molar-refractivity contribution in [3.63, 3.8) is 0 Å². The van der Waals surface area contributed by atoms with E-state index in [1.165, 1.54) is 19.2 Å². The normalized spacial score (nSPS) is 35.7. The summed E-state index contributed by atoms with van der Waals surface area (Å²) in [4.78, 5) is 53.4. The van der Waals surface area contributed by atoms with E-state index in [9.17, 15) is 24.5 Å². The maximum Gasteiger partial charge on any atom is 0.330 e. The zero-order valence-corrected chi connectivity index (χ0v) is 18.1. The van der Waals surface area contributed by atoms with Crippen LogP contribution < -0.4 is 10.2 Å². The van der Waals surface area contributed by atoms with Crippen LogP contribution in [0.5, 0.6) is 0 Å². The molecule has 4 amide bonds. The third-order valence-electron chi connectivity index (χ3n) is 7.81. The Labute approximate surface area is 179 Å². The van der Waals surface area contributed by atoms with Gasteiger partial charge in [-0.3, -0.25) is 29.9 Å². The average molecular weight is 426 g/mol. The van der Waals surface area contributed by atoms with E-state index in [1.807, 2.05) is 0 Å². The Morgan fingerprint density at radius 1 is 1.16 bits per heavy atom. The third-order valence-corrected chi connectivity index (χ3v) is 7.81. The second-order valence-corrected chi connectivity index (χ2v) is 10.7. The van der Waals surface area contributed by atoms with Crippen LogP contribution in [0.2, 0.25) is 0 Å². The van der Waals surface area contributed by atoms with E-state index in [0.29, 0.717) is 5.56 Å². The molecule has 0 radical (unpaired) electrons. The van der Waals surface area contributed by atoms with Crippen LogP contribution in [0.15, 0.2) is 18.2 Å². The molecule has 4 aliphatic rings. The summed E-state index contributed by atoms with van der Waals surface area (Å²) in [5, 5.41) is 13.8. The number of nitro benzene ring substituents is 1. The first kappa shape index (κ1) is 20.0. The smallest absolute Gasteiger partial charge is 0.330 e. The van der Waals surface area contributed by atoms with Gasteiger partial charge >= 0.3 is 6.03 Å². The predicted molar refractivity (Wildman–Crippen MR) is 111 cm³/mol. The predicted octanol–water partition coefficient (Wildman–Crippen LogP) is 2.62. The van der Waals surface area contributed by atoms with E-state index in [1.54, 1.807) is 6.07 Å². The molecule has 9 heteroatoms. The molecule has 1 spiro atoms. The summed E-state index contributed by atoms with van der Waals surface area (Å²) >= 11 is 0. The van der Waals surface area contributed by atoms with Gasteiger partial charge in [-0.15, -0.1) is 0 Å². The number of hydrogen-bond acceptors (Lipinski definition) is 6. The van der Waals surface area contributed by atoms with Gasteiger partial charge in [0.25, 0.3) is 5.69 Å². The number of anilines is 1. The molecule has 3 fully saturated rings. The number of imide groups is 2. The fraction of sp³-hybridized carbons (Fsp3) is 0.591. The van der Waals surface area contributed by atoms with Crippen molar-refractivity contribution >= 4 is 29.2 Å². The summed E-state index contributed by atoms with van der Waals surface area (Å²) in [5.74, 6) is -1.13. The fourth-order valence-corrected chi connectivity index (χ4v) is 7.26. The minimum atomic E-state index is -1.51. The highest BCUT2D eigenvalue weighted by atomic mass is 16.6. The summed E-state index contributed by atoms with van der Waals surface area (Å²) in [6, 6.07) is 3.67. The SMILES string of the molecule is CN1C(=O)NC(=O)[C@@]2(Cc3cc([N+](=O)[O-])ccc3N3[C@H]4CC(C)(C)C[C@@](C)(C4)[C@H]32)C1=O. The lowest BCUT2D eigenvalue weighted by Crippen LogP contribution is -2.72. The van der Waals surface area contributed by atoms with Crippen LogP contribution in [0.3, 0.4) is 0 Å². The number of rotatable bonds is 1. The molecule has 2 saturated heterocycles. The van der Waals surface area contributed by atoms with Crippen molar-refractivity contribution < 1.29 is 19.3 Å². The molecular weight excluding hydrogens is 400 g/mol. The van der Waals surface area contributed by atoms with E-state index in [-0.39, 0.29) is 29.0 Å². The highest BCUT2D eigenvalue weighted by Gasteiger charge is 2.71. The Hall–Kier alpha value is -2.97. The van der Waals surface area contributed by atoms with Crippen molar-refractivity contribution in [2.24, 2.45) is 16.2 Å². The molecule has 5 rings (SSSR count). The topological polar surface area (TPSA) is 113 Å². The summed E-state index contributed by atoms with van der Waals surface area (Å²) in [6.45, 7) is 6.55. The molecule has 164 valence electrons. The molecule has 2 bridgehead atoms. The molecule has 0 unspecified atom stereocenters. The number of barbiturate groups is 1. The van der Waals surface area contributed by atoms with Gasteiger partial charge in [0.15, 0.2) is 5.41 Å². The number of nitro groups is 1. The number of hydrogen-bond donors (Lipinski definition) is 1. The maximum absolute atomic E-state index is 13.7. The Bertz CT molecular complexity index is 1070. The molecule has 9 nitrogen and oxygen atoms in total. The Kier molecular flexibility index (Phi) is 3.76. The van der Waals surface area contributed by atoms with Crippen molar-refractivity contribution in [3.05, 3.63) is 33.9 Å². The van der Waals surface area contributed by atoms with Crippen molar-refractivity contribution in [1.82, 2.24) is 10.2 Å². The molecule has 31 heavy (non-hydrogen) atoms. The molecule has 1 aromatic carbocycles. The highest BCUT2D eigenvalue weighted by molar-refractivity contribution is 6.20. The first-order valence-electron chi connectivity index (χ1n) is 10.6. The standard InChI is InChI=1S/C22H26N4O5/c1-20(2)9-14-10-21(3,11-20)16-22(17(27)23-19(29)24(4)18(22)28)8-12-7-13(26(30)31)5-6-15(12)25(14)16/h5-7,14,16H,8-11H2,1-4H3,(H,23,27,29)/t14-,16-,21+,22-/m0/s1. The largest absolute Gasteiger partial charge is 0.363 e. The van der Waals surface area contributed by atoms with Crippen LogP contribution in [0.25, 0.3) is 0 Å². The summed E-state index contributed by atoms with van der Waals surface area (Å²) in [5.41, 5.74) is -0.422. The number of non-ortho nitro benzene ring substituents is 1. The molecule has 1 N–H and O–H groups in total. The third kappa shape index (κ3) is 2.46. The quantitative estimate of drug-likeness (QED) is 0.420. The Balaban J connectivity index is 1.78.